The molecular weight excluding hydrogens is 317 g/mol. The summed E-state index contributed by atoms with van der Waals surface area (Å²) in [7, 11) is 1.61. The van der Waals surface area contributed by atoms with Crippen LogP contribution >= 0.6 is 0 Å². The Kier molecular flexibility index (Phi) is 5.91. The van der Waals surface area contributed by atoms with Gasteiger partial charge in [0.25, 0.3) is 5.91 Å². The van der Waals surface area contributed by atoms with E-state index in [4.69, 9.17) is 0 Å². The third-order valence-electron chi connectivity index (χ3n) is 4.69. The number of rotatable bonds is 5. The molecular formula is C18H25F3N2O. The van der Waals surface area contributed by atoms with Gasteiger partial charge in [-0.1, -0.05) is 26.0 Å². The fraction of sp³-hybridized carbons (Fsp3) is 0.611. The van der Waals surface area contributed by atoms with Crippen LogP contribution in [-0.4, -0.2) is 48.4 Å². The molecule has 3 nitrogen and oxygen atoms in total. The van der Waals surface area contributed by atoms with E-state index in [0.717, 1.165) is 32.0 Å². The third-order valence-corrected chi connectivity index (χ3v) is 4.69. The van der Waals surface area contributed by atoms with Crippen molar-refractivity contribution in [2.45, 2.75) is 38.9 Å². The van der Waals surface area contributed by atoms with Crippen molar-refractivity contribution in [1.82, 2.24) is 9.80 Å². The number of likely N-dealkylation sites (tertiary alicyclic amines) is 1. The molecule has 0 saturated carbocycles. The minimum atomic E-state index is -4.53. The Bertz CT molecular complexity index is 566. The van der Waals surface area contributed by atoms with Crippen molar-refractivity contribution in [1.29, 1.82) is 0 Å². The van der Waals surface area contributed by atoms with E-state index in [-0.39, 0.29) is 17.5 Å². The lowest BCUT2D eigenvalue weighted by Crippen LogP contribution is -2.47. The molecule has 2 rings (SSSR count). The van der Waals surface area contributed by atoms with Crippen LogP contribution in [0.1, 0.15) is 42.6 Å². The van der Waals surface area contributed by atoms with Gasteiger partial charge in [0.05, 0.1) is 11.1 Å². The van der Waals surface area contributed by atoms with Crippen LogP contribution in [0.5, 0.6) is 0 Å². The first-order chi connectivity index (χ1) is 11.2. The fourth-order valence-electron chi connectivity index (χ4n) is 3.27. The Morgan fingerprint density at radius 1 is 1.21 bits per heavy atom. The predicted molar refractivity (Wildman–Crippen MR) is 87.8 cm³/mol. The van der Waals surface area contributed by atoms with E-state index in [9.17, 15) is 18.0 Å². The van der Waals surface area contributed by atoms with Crippen molar-refractivity contribution in [2.75, 3.05) is 26.7 Å². The van der Waals surface area contributed by atoms with Crippen molar-refractivity contribution >= 4 is 5.91 Å². The molecule has 1 aromatic rings. The molecule has 1 fully saturated rings. The Morgan fingerprint density at radius 3 is 2.33 bits per heavy atom. The first-order valence-electron chi connectivity index (χ1n) is 8.37. The molecule has 1 aliphatic heterocycles. The highest BCUT2D eigenvalue weighted by atomic mass is 19.4. The highest BCUT2D eigenvalue weighted by Crippen LogP contribution is 2.32. The van der Waals surface area contributed by atoms with Crippen molar-refractivity contribution < 1.29 is 18.0 Å². The lowest BCUT2D eigenvalue weighted by molar-refractivity contribution is -0.138. The lowest BCUT2D eigenvalue weighted by atomic mass is 9.99. The molecule has 1 amide bonds. The molecule has 1 aliphatic rings. The average Bonchev–Trinajstić information content (AvgIpc) is 3.03. The van der Waals surface area contributed by atoms with Gasteiger partial charge in [-0.25, -0.2) is 0 Å². The van der Waals surface area contributed by atoms with E-state index in [0.29, 0.717) is 6.54 Å². The van der Waals surface area contributed by atoms with Crippen LogP contribution in [-0.2, 0) is 6.18 Å². The second-order valence-electron chi connectivity index (χ2n) is 6.78. The first-order valence-corrected chi connectivity index (χ1v) is 8.37. The highest BCUT2D eigenvalue weighted by molar-refractivity contribution is 5.96. The number of carbonyl (C=O) groups is 1. The first kappa shape index (κ1) is 18.8. The molecule has 0 bridgehead atoms. The third kappa shape index (κ3) is 4.29. The second-order valence-corrected chi connectivity index (χ2v) is 6.78. The van der Waals surface area contributed by atoms with Crippen LogP contribution in [0, 0.1) is 5.92 Å². The second kappa shape index (κ2) is 7.55. The zero-order chi connectivity index (χ0) is 17.9. The molecule has 1 atom stereocenters. The summed E-state index contributed by atoms with van der Waals surface area (Å²) < 4.78 is 39.5. The van der Waals surface area contributed by atoms with Gasteiger partial charge in [-0.15, -0.1) is 0 Å². The summed E-state index contributed by atoms with van der Waals surface area (Å²) in [6.07, 6.45) is -2.26. The van der Waals surface area contributed by atoms with Gasteiger partial charge < -0.3 is 9.80 Å². The topological polar surface area (TPSA) is 23.6 Å². The van der Waals surface area contributed by atoms with E-state index in [2.05, 4.69) is 4.90 Å². The van der Waals surface area contributed by atoms with E-state index in [1.165, 1.54) is 23.1 Å². The largest absolute Gasteiger partial charge is 0.417 e. The Labute approximate surface area is 141 Å². The lowest BCUT2D eigenvalue weighted by Gasteiger charge is -2.34. The van der Waals surface area contributed by atoms with Crippen molar-refractivity contribution in [3.05, 3.63) is 35.4 Å². The van der Waals surface area contributed by atoms with Crippen molar-refractivity contribution in [3.63, 3.8) is 0 Å². The van der Waals surface area contributed by atoms with Crippen molar-refractivity contribution in [3.8, 4) is 0 Å². The molecule has 0 aliphatic carbocycles. The molecule has 6 heteroatoms. The van der Waals surface area contributed by atoms with Crippen LogP contribution in [0.3, 0.4) is 0 Å². The fourth-order valence-corrected chi connectivity index (χ4v) is 3.27. The number of nitrogens with zero attached hydrogens (tertiary/aromatic N) is 2. The summed E-state index contributed by atoms with van der Waals surface area (Å²) in [5.74, 6) is -0.404. The molecule has 24 heavy (non-hydrogen) atoms. The summed E-state index contributed by atoms with van der Waals surface area (Å²) >= 11 is 0. The molecule has 0 radical (unpaired) electrons. The molecule has 0 spiro atoms. The van der Waals surface area contributed by atoms with Gasteiger partial charge in [-0.2, -0.15) is 13.2 Å². The number of carbonyl (C=O) groups excluding carboxylic acids is 1. The monoisotopic (exact) mass is 342 g/mol. The molecule has 0 aromatic heterocycles. The normalized spacial score (nSPS) is 17.3. The molecule has 0 N–H and O–H groups in total. The van der Waals surface area contributed by atoms with E-state index in [1.54, 1.807) is 7.05 Å². The number of amides is 1. The summed E-state index contributed by atoms with van der Waals surface area (Å²) in [5, 5.41) is 0. The predicted octanol–water partition coefficient (Wildman–Crippen LogP) is 3.90. The Hall–Kier alpha value is -1.56. The number of hydrogen-bond donors (Lipinski definition) is 0. The quantitative estimate of drug-likeness (QED) is 0.810. The van der Waals surface area contributed by atoms with Gasteiger partial charge in [-0.3, -0.25) is 4.79 Å². The number of alkyl halides is 3. The van der Waals surface area contributed by atoms with Gasteiger partial charge in [0, 0.05) is 19.6 Å². The zero-order valence-corrected chi connectivity index (χ0v) is 14.4. The number of benzene rings is 1. The van der Waals surface area contributed by atoms with Gasteiger partial charge in [0.15, 0.2) is 0 Å². The van der Waals surface area contributed by atoms with Crippen LogP contribution < -0.4 is 0 Å². The van der Waals surface area contributed by atoms with Crippen LogP contribution in [0.25, 0.3) is 0 Å². The zero-order valence-electron chi connectivity index (χ0n) is 14.4. The standard InChI is InChI=1S/C18H25F3N2O/c1-13(2)16(12-23-10-6-7-11-23)22(3)17(24)14-8-4-5-9-15(14)18(19,20)21/h4-5,8-9,13,16H,6-7,10-12H2,1-3H3. The smallest absolute Gasteiger partial charge is 0.337 e. The van der Waals surface area contributed by atoms with Crippen LogP contribution in [0.4, 0.5) is 13.2 Å². The SMILES string of the molecule is CC(C)C(CN1CCCC1)N(C)C(=O)c1ccccc1C(F)(F)F. The van der Waals surface area contributed by atoms with Gasteiger partial charge in [0.1, 0.15) is 0 Å². The minimum Gasteiger partial charge on any atom is -0.337 e. The highest BCUT2D eigenvalue weighted by Gasteiger charge is 2.37. The molecule has 1 unspecified atom stereocenters. The van der Waals surface area contributed by atoms with E-state index >= 15 is 0 Å². The van der Waals surface area contributed by atoms with Crippen LogP contribution in [0.2, 0.25) is 0 Å². The van der Waals surface area contributed by atoms with Crippen molar-refractivity contribution in [2.24, 2.45) is 5.92 Å². The summed E-state index contributed by atoms with van der Waals surface area (Å²) in [6.45, 7) is 6.68. The number of likely N-dealkylation sites (N-methyl/N-ethyl adjacent to an activating group) is 1. The molecule has 1 saturated heterocycles. The number of halogens is 3. The Balaban J connectivity index is 2.23. The average molecular weight is 342 g/mol. The van der Waals surface area contributed by atoms with Gasteiger partial charge in [-0.05, 0) is 44.0 Å². The van der Waals surface area contributed by atoms with E-state index in [1.807, 2.05) is 13.8 Å². The molecule has 134 valence electrons. The maximum atomic E-state index is 13.2. The van der Waals surface area contributed by atoms with Gasteiger partial charge >= 0.3 is 6.18 Å². The molecule has 1 heterocycles. The van der Waals surface area contributed by atoms with Gasteiger partial charge in [0.2, 0.25) is 0 Å². The van der Waals surface area contributed by atoms with Crippen LogP contribution in [0.15, 0.2) is 24.3 Å². The summed E-state index contributed by atoms with van der Waals surface area (Å²) in [5.41, 5.74) is -1.15. The maximum absolute atomic E-state index is 13.2. The summed E-state index contributed by atoms with van der Waals surface area (Å²) in [4.78, 5) is 16.5. The Morgan fingerprint density at radius 2 is 1.79 bits per heavy atom. The maximum Gasteiger partial charge on any atom is 0.417 e. The van der Waals surface area contributed by atoms with E-state index < -0.39 is 17.6 Å². The number of hydrogen-bond acceptors (Lipinski definition) is 2. The molecule has 1 aromatic carbocycles. The summed E-state index contributed by atoms with van der Waals surface area (Å²) in [6, 6.07) is 4.89. The minimum absolute atomic E-state index is 0.114.